The van der Waals surface area contributed by atoms with E-state index in [4.69, 9.17) is 4.74 Å². The Kier molecular flexibility index (Phi) is 6.67. The number of nitrogens with one attached hydrogen (secondary N) is 2. The molecular weight excluding hydrogens is 300 g/mol. The van der Waals surface area contributed by atoms with E-state index in [9.17, 15) is 4.79 Å². The first-order valence-corrected chi connectivity index (χ1v) is 8.46. The number of hydrogen-bond acceptors (Lipinski definition) is 2. The first-order chi connectivity index (χ1) is 11.7. The maximum absolute atomic E-state index is 12.2. The van der Waals surface area contributed by atoms with Crippen molar-refractivity contribution in [3.8, 4) is 5.75 Å². The van der Waals surface area contributed by atoms with Gasteiger partial charge >= 0.3 is 6.03 Å². The van der Waals surface area contributed by atoms with Crippen LogP contribution in [0.2, 0.25) is 0 Å². The van der Waals surface area contributed by atoms with Gasteiger partial charge in [-0.3, -0.25) is 0 Å². The number of carbonyl (C=O) groups is 1. The largest absolute Gasteiger partial charge is 0.497 e. The summed E-state index contributed by atoms with van der Waals surface area (Å²) in [6.07, 6.45) is 2.58. The van der Waals surface area contributed by atoms with Crippen LogP contribution in [0, 0.1) is 0 Å². The molecule has 0 aliphatic rings. The molecule has 0 aliphatic carbocycles. The number of anilines is 1. The number of methoxy groups -OCH3 is 1. The number of urea groups is 1. The Morgan fingerprint density at radius 1 is 1.00 bits per heavy atom. The molecule has 2 aromatic rings. The highest BCUT2D eigenvalue weighted by Gasteiger charge is 2.09. The monoisotopic (exact) mass is 326 g/mol. The molecule has 0 heterocycles. The zero-order valence-corrected chi connectivity index (χ0v) is 14.7. The highest BCUT2D eigenvalue weighted by Crippen LogP contribution is 2.22. The van der Waals surface area contributed by atoms with Crippen LogP contribution in [0.5, 0.6) is 5.75 Å². The number of para-hydroxylation sites is 1. The second-order valence-electron chi connectivity index (χ2n) is 5.64. The number of carbonyl (C=O) groups excluding carboxylic acids is 1. The fourth-order valence-electron chi connectivity index (χ4n) is 2.67. The molecule has 0 saturated heterocycles. The van der Waals surface area contributed by atoms with Gasteiger partial charge in [-0.25, -0.2) is 4.79 Å². The van der Waals surface area contributed by atoms with Gasteiger partial charge in [-0.15, -0.1) is 0 Å². The van der Waals surface area contributed by atoms with E-state index in [2.05, 4.69) is 36.6 Å². The molecule has 2 aromatic carbocycles. The van der Waals surface area contributed by atoms with Crippen LogP contribution >= 0.6 is 0 Å². The lowest BCUT2D eigenvalue weighted by Crippen LogP contribution is -2.31. The number of hydrogen-bond donors (Lipinski definition) is 2. The van der Waals surface area contributed by atoms with Gasteiger partial charge in [-0.1, -0.05) is 44.2 Å². The van der Waals surface area contributed by atoms with E-state index in [1.807, 2.05) is 30.3 Å². The van der Waals surface area contributed by atoms with E-state index < -0.39 is 0 Å². The molecule has 128 valence electrons. The smallest absolute Gasteiger partial charge is 0.319 e. The van der Waals surface area contributed by atoms with Gasteiger partial charge in [0.1, 0.15) is 5.75 Å². The molecule has 0 atom stereocenters. The molecule has 2 rings (SSSR count). The zero-order chi connectivity index (χ0) is 17.4. The maximum atomic E-state index is 12.2. The van der Waals surface area contributed by atoms with E-state index in [1.165, 1.54) is 16.7 Å². The molecule has 2 amide bonds. The minimum absolute atomic E-state index is 0.154. The minimum atomic E-state index is -0.154. The van der Waals surface area contributed by atoms with Gasteiger partial charge in [0.05, 0.1) is 7.11 Å². The van der Waals surface area contributed by atoms with Crippen LogP contribution in [-0.2, 0) is 19.3 Å². The van der Waals surface area contributed by atoms with Gasteiger partial charge in [0.25, 0.3) is 0 Å². The summed E-state index contributed by atoms with van der Waals surface area (Å²) in [4.78, 5) is 12.2. The highest BCUT2D eigenvalue weighted by atomic mass is 16.5. The average molecular weight is 326 g/mol. The molecule has 0 spiro atoms. The van der Waals surface area contributed by atoms with Gasteiger partial charge in [-0.2, -0.15) is 0 Å². The normalized spacial score (nSPS) is 10.3. The molecule has 0 aliphatic heterocycles. The van der Waals surface area contributed by atoms with Crippen molar-refractivity contribution < 1.29 is 9.53 Å². The third-order valence-corrected chi connectivity index (χ3v) is 4.10. The Bertz CT molecular complexity index is 644. The van der Waals surface area contributed by atoms with E-state index >= 15 is 0 Å². The van der Waals surface area contributed by atoms with Crippen molar-refractivity contribution in [1.82, 2.24) is 5.32 Å². The molecule has 2 N–H and O–H groups in total. The highest BCUT2D eigenvalue weighted by molar-refractivity contribution is 5.91. The summed E-state index contributed by atoms with van der Waals surface area (Å²) in [7, 11) is 1.65. The molecule has 24 heavy (non-hydrogen) atoms. The summed E-state index contributed by atoms with van der Waals surface area (Å²) in [6.45, 7) is 4.79. The van der Waals surface area contributed by atoms with Crippen LogP contribution in [0.25, 0.3) is 0 Å². The molecule has 0 saturated carbocycles. The second-order valence-corrected chi connectivity index (χ2v) is 5.64. The molecule has 4 nitrogen and oxygen atoms in total. The number of aryl methyl sites for hydroxylation is 2. The molecule has 0 aromatic heterocycles. The fourth-order valence-corrected chi connectivity index (χ4v) is 2.67. The van der Waals surface area contributed by atoms with Crippen molar-refractivity contribution >= 4 is 11.7 Å². The average Bonchev–Trinajstić information content (AvgIpc) is 2.62. The Labute approximate surface area is 144 Å². The van der Waals surface area contributed by atoms with Crippen molar-refractivity contribution in [1.29, 1.82) is 0 Å². The Morgan fingerprint density at radius 2 is 1.62 bits per heavy atom. The van der Waals surface area contributed by atoms with Crippen molar-refractivity contribution in [3.63, 3.8) is 0 Å². The van der Waals surface area contributed by atoms with Crippen LogP contribution in [-0.4, -0.2) is 19.7 Å². The summed E-state index contributed by atoms with van der Waals surface area (Å²) >= 11 is 0. The molecule has 4 heteroatoms. The zero-order valence-electron chi connectivity index (χ0n) is 14.7. The van der Waals surface area contributed by atoms with Crippen LogP contribution < -0.4 is 15.4 Å². The predicted molar refractivity (Wildman–Crippen MR) is 98.9 cm³/mol. The first-order valence-electron chi connectivity index (χ1n) is 8.46. The lowest BCUT2D eigenvalue weighted by atomic mass is 10.0. The van der Waals surface area contributed by atoms with Gasteiger partial charge in [-0.05, 0) is 48.1 Å². The van der Waals surface area contributed by atoms with Crippen molar-refractivity contribution in [2.45, 2.75) is 33.1 Å². The van der Waals surface area contributed by atoms with Crippen molar-refractivity contribution in [2.75, 3.05) is 19.0 Å². The topological polar surface area (TPSA) is 50.4 Å². The standard InChI is InChI=1S/C20H26N2O2/c1-4-16-7-6-8-17(5-2)19(16)22-20(23)21-14-13-15-9-11-18(24-3)12-10-15/h6-12H,4-5,13-14H2,1-3H3,(H2,21,22,23). The third-order valence-electron chi connectivity index (χ3n) is 4.10. The summed E-state index contributed by atoms with van der Waals surface area (Å²) in [5.74, 6) is 0.840. The number of amides is 2. The van der Waals surface area contributed by atoms with Crippen LogP contribution in [0.1, 0.15) is 30.5 Å². The fraction of sp³-hybridized carbons (Fsp3) is 0.350. The van der Waals surface area contributed by atoms with E-state index in [-0.39, 0.29) is 6.03 Å². The Balaban J connectivity index is 1.89. The second kappa shape index (κ2) is 8.96. The number of benzene rings is 2. The van der Waals surface area contributed by atoms with Crippen LogP contribution in [0.15, 0.2) is 42.5 Å². The Morgan fingerprint density at radius 3 is 2.17 bits per heavy atom. The van der Waals surface area contributed by atoms with E-state index in [0.717, 1.165) is 30.7 Å². The molecule has 0 radical (unpaired) electrons. The third kappa shape index (κ3) is 4.75. The lowest BCUT2D eigenvalue weighted by Gasteiger charge is -2.15. The maximum Gasteiger partial charge on any atom is 0.319 e. The van der Waals surface area contributed by atoms with Gasteiger partial charge in [0, 0.05) is 12.2 Å². The summed E-state index contributed by atoms with van der Waals surface area (Å²) in [5.41, 5.74) is 4.45. The summed E-state index contributed by atoms with van der Waals surface area (Å²) < 4.78 is 5.14. The predicted octanol–water partition coefficient (Wildman–Crippen LogP) is 4.18. The van der Waals surface area contributed by atoms with Crippen LogP contribution in [0.3, 0.4) is 0 Å². The molecule has 0 unspecified atom stereocenters. The minimum Gasteiger partial charge on any atom is -0.497 e. The quantitative estimate of drug-likeness (QED) is 0.802. The first kappa shape index (κ1) is 17.9. The number of ether oxygens (including phenoxy) is 1. The van der Waals surface area contributed by atoms with Crippen molar-refractivity contribution in [2.24, 2.45) is 0 Å². The van der Waals surface area contributed by atoms with Crippen molar-refractivity contribution in [3.05, 3.63) is 59.2 Å². The van der Waals surface area contributed by atoms with E-state index in [0.29, 0.717) is 6.54 Å². The Hall–Kier alpha value is -2.49. The van der Waals surface area contributed by atoms with Gasteiger partial charge < -0.3 is 15.4 Å². The molecule has 0 bridgehead atoms. The molecule has 0 fully saturated rings. The summed E-state index contributed by atoms with van der Waals surface area (Å²) in [5, 5.41) is 5.95. The van der Waals surface area contributed by atoms with E-state index in [1.54, 1.807) is 7.11 Å². The van der Waals surface area contributed by atoms with Crippen LogP contribution in [0.4, 0.5) is 10.5 Å². The van der Waals surface area contributed by atoms with Gasteiger partial charge in [0.2, 0.25) is 0 Å². The van der Waals surface area contributed by atoms with Gasteiger partial charge in [0.15, 0.2) is 0 Å². The number of rotatable bonds is 7. The SMILES string of the molecule is CCc1cccc(CC)c1NC(=O)NCCc1ccc(OC)cc1. The molecular formula is C20H26N2O2. The lowest BCUT2D eigenvalue weighted by molar-refractivity contribution is 0.252. The summed E-state index contributed by atoms with van der Waals surface area (Å²) in [6, 6.07) is 13.9.